The number of hydrogen-bond donors (Lipinski definition) is 0. The summed E-state index contributed by atoms with van der Waals surface area (Å²) in [5.41, 5.74) is 3.10. The van der Waals surface area contributed by atoms with Gasteiger partial charge < -0.3 is 4.52 Å². The Bertz CT molecular complexity index is 690. The van der Waals surface area contributed by atoms with Gasteiger partial charge >= 0.3 is 0 Å². The molecular formula is C19H26N4O. The third kappa shape index (κ3) is 2.98. The summed E-state index contributed by atoms with van der Waals surface area (Å²) in [6.07, 6.45) is 3.83. The topological polar surface area (TPSA) is 45.4 Å². The number of aromatic nitrogens is 2. The zero-order chi connectivity index (χ0) is 16.5. The molecule has 2 aromatic rings. The van der Waals surface area contributed by atoms with Gasteiger partial charge in [-0.2, -0.15) is 4.98 Å². The minimum absolute atomic E-state index is 0.201. The van der Waals surface area contributed by atoms with Gasteiger partial charge in [0.15, 0.2) is 5.82 Å². The van der Waals surface area contributed by atoms with Crippen molar-refractivity contribution in [3.63, 3.8) is 0 Å². The van der Waals surface area contributed by atoms with Crippen LogP contribution in [0.4, 0.5) is 0 Å². The van der Waals surface area contributed by atoms with Gasteiger partial charge in [-0.15, -0.1) is 0 Å². The van der Waals surface area contributed by atoms with E-state index in [1.165, 1.54) is 19.3 Å². The Balaban J connectivity index is 1.42. The standard InChI is InChI=1S/C19H26N4O/c1-14(19-20-15(2)21-24-19)22-10-12-23(13-11-22)18-9-5-7-16-6-3-4-8-17(16)18/h3-4,6,8,14,18H,5,7,9-13H2,1-2H3. The van der Waals surface area contributed by atoms with E-state index in [1.807, 2.05) is 6.92 Å². The smallest absolute Gasteiger partial charge is 0.243 e. The largest absolute Gasteiger partial charge is 0.338 e. The fourth-order valence-corrected chi connectivity index (χ4v) is 4.18. The van der Waals surface area contributed by atoms with Crippen LogP contribution in [0.25, 0.3) is 0 Å². The summed E-state index contributed by atoms with van der Waals surface area (Å²) in [7, 11) is 0. The van der Waals surface area contributed by atoms with E-state index in [0.717, 1.165) is 32.1 Å². The molecule has 0 spiro atoms. The van der Waals surface area contributed by atoms with Crippen molar-refractivity contribution in [3.05, 3.63) is 47.1 Å². The molecule has 2 unspecified atom stereocenters. The second-order valence-electron chi connectivity index (χ2n) is 7.03. The van der Waals surface area contributed by atoms with Crippen molar-refractivity contribution >= 4 is 0 Å². The van der Waals surface area contributed by atoms with Crippen molar-refractivity contribution in [2.24, 2.45) is 0 Å². The summed E-state index contributed by atoms with van der Waals surface area (Å²) in [6, 6.07) is 9.79. The highest BCUT2D eigenvalue weighted by molar-refractivity contribution is 5.32. The van der Waals surface area contributed by atoms with Gasteiger partial charge in [-0.05, 0) is 44.2 Å². The minimum Gasteiger partial charge on any atom is -0.338 e. The maximum Gasteiger partial charge on any atom is 0.243 e. The third-order valence-electron chi connectivity index (χ3n) is 5.58. The highest BCUT2D eigenvalue weighted by atomic mass is 16.5. The summed E-state index contributed by atoms with van der Waals surface area (Å²) in [4.78, 5) is 9.51. The number of piperazine rings is 1. The Labute approximate surface area is 143 Å². The molecule has 0 amide bonds. The molecule has 0 bridgehead atoms. The Hall–Kier alpha value is -1.72. The summed E-state index contributed by atoms with van der Waals surface area (Å²) in [6.45, 7) is 8.37. The normalized spacial score (nSPS) is 23.8. The van der Waals surface area contributed by atoms with Crippen LogP contribution in [0.5, 0.6) is 0 Å². The number of rotatable bonds is 3. The van der Waals surface area contributed by atoms with Gasteiger partial charge in [-0.1, -0.05) is 29.4 Å². The van der Waals surface area contributed by atoms with Gasteiger partial charge in [0.1, 0.15) is 0 Å². The molecule has 0 radical (unpaired) electrons. The van der Waals surface area contributed by atoms with E-state index < -0.39 is 0 Å². The van der Waals surface area contributed by atoms with E-state index in [2.05, 4.69) is 51.1 Å². The first kappa shape index (κ1) is 15.8. The van der Waals surface area contributed by atoms with Crippen LogP contribution < -0.4 is 0 Å². The molecule has 2 aliphatic rings. The zero-order valence-electron chi connectivity index (χ0n) is 14.6. The molecule has 2 atom stereocenters. The maximum atomic E-state index is 5.35. The number of hydrogen-bond acceptors (Lipinski definition) is 5. The lowest BCUT2D eigenvalue weighted by Crippen LogP contribution is -2.48. The van der Waals surface area contributed by atoms with Crippen LogP contribution in [-0.2, 0) is 6.42 Å². The third-order valence-corrected chi connectivity index (χ3v) is 5.58. The maximum absolute atomic E-state index is 5.35. The number of benzene rings is 1. The second-order valence-corrected chi connectivity index (χ2v) is 7.03. The van der Waals surface area contributed by atoms with Crippen LogP contribution in [-0.4, -0.2) is 46.1 Å². The molecule has 128 valence electrons. The molecule has 4 rings (SSSR count). The molecule has 2 heterocycles. The molecular weight excluding hydrogens is 300 g/mol. The Morgan fingerprint density at radius 1 is 1.17 bits per heavy atom. The van der Waals surface area contributed by atoms with Crippen molar-refractivity contribution in [1.29, 1.82) is 0 Å². The monoisotopic (exact) mass is 326 g/mol. The quantitative estimate of drug-likeness (QED) is 0.867. The molecule has 1 fully saturated rings. The lowest BCUT2D eigenvalue weighted by Gasteiger charge is -2.42. The van der Waals surface area contributed by atoms with Crippen molar-refractivity contribution in [1.82, 2.24) is 19.9 Å². The highest BCUT2D eigenvalue weighted by Gasteiger charge is 2.31. The van der Waals surface area contributed by atoms with E-state index in [0.29, 0.717) is 11.9 Å². The van der Waals surface area contributed by atoms with E-state index in [-0.39, 0.29) is 6.04 Å². The summed E-state index contributed by atoms with van der Waals surface area (Å²) in [5.74, 6) is 1.46. The molecule has 24 heavy (non-hydrogen) atoms. The SMILES string of the molecule is Cc1noc(C(C)N2CCN(C3CCCc4ccccc43)CC2)n1. The van der Waals surface area contributed by atoms with Crippen molar-refractivity contribution in [2.75, 3.05) is 26.2 Å². The van der Waals surface area contributed by atoms with E-state index in [4.69, 9.17) is 4.52 Å². The molecule has 5 heteroatoms. The lowest BCUT2D eigenvalue weighted by molar-refractivity contribution is 0.0581. The fraction of sp³-hybridized carbons (Fsp3) is 0.579. The number of fused-ring (bicyclic) bond motifs is 1. The Kier molecular flexibility index (Phi) is 4.37. The molecule has 1 aliphatic carbocycles. The second kappa shape index (κ2) is 6.65. The van der Waals surface area contributed by atoms with Crippen LogP contribution in [0.15, 0.2) is 28.8 Å². The van der Waals surface area contributed by atoms with E-state index in [9.17, 15) is 0 Å². The van der Waals surface area contributed by atoms with E-state index >= 15 is 0 Å². The first-order valence-electron chi connectivity index (χ1n) is 9.08. The molecule has 5 nitrogen and oxygen atoms in total. The van der Waals surface area contributed by atoms with Crippen LogP contribution in [0.1, 0.15) is 54.7 Å². The van der Waals surface area contributed by atoms with Crippen LogP contribution >= 0.6 is 0 Å². The molecule has 0 N–H and O–H groups in total. The molecule has 1 aromatic carbocycles. The van der Waals surface area contributed by atoms with Crippen LogP contribution in [0.2, 0.25) is 0 Å². The number of aryl methyl sites for hydroxylation is 2. The fourth-order valence-electron chi connectivity index (χ4n) is 4.18. The van der Waals surface area contributed by atoms with Gasteiger partial charge in [0.2, 0.25) is 5.89 Å². The van der Waals surface area contributed by atoms with Crippen LogP contribution in [0.3, 0.4) is 0 Å². The first-order chi connectivity index (χ1) is 11.7. The van der Waals surface area contributed by atoms with Gasteiger partial charge in [0.05, 0.1) is 6.04 Å². The van der Waals surface area contributed by atoms with Crippen molar-refractivity contribution in [2.45, 2.75) is 45.2 Å². The van der Waals surface area contributed by atoms with Gasteiger partial charge in [0.25, 0.3) is 0 Å². The average molecular weight is 326 g/mol. The zero-order valence-corrected chi connectivity index (χ0v) is 14.6. The predicted molar refractivity (Wildman–Crippen MR) is 92.7 cm³/mol. The van der Waals surface area contributed by atoms with Gasteiger partial charge in [-0.3, -0.25) is 9.80 Å². The Morgan fingerprint density at radius 2 is 1.96 bits per heavy atom. The number of nitrogens with zero attached hydrogens (tertiary/aromatic N) is 4. The summed E-state index contributed by atoms with van der Waals surface area (Å²) in [5, 5.41) is 3.92. The average Bonchev–Trinajstić information content (AvgIpc) is 3.07. The molecule has 1 aliphatic heterocycles. The van der Waals surface area contributed by atoms with E-state index in [1.54, 1.807) is 11.1 Å². The molecule has 1 saturated heterocycles. The molecule has 1 aromatic heterocycles. The van der Waals surface area contributed by atoms with Crippen LogP contribution in [0, 0.1) is 6.92 Å². The van der Waals surface area contributed by atoms with Gasteiger partial charge in [-0.25, -0.2) is 0 Å². The molecule has 0 saturated carbocycles. The minimum atomic E-state index is 0.201. The Morgan fingerprint density at radius 3 is 2.71 bits per heavy atom. The highest BCUT2D eigenvalue weighted by Crippen LogP contribution is 2.35. The van der Waals surface area contributed by atoms with Crippen molar-refractivity contribution < 1.29 is 4.52 Å². The summed E-state index contributed by atoms with van der Waals surface area (Å²) < 4.78 is 5.35. The predicted octanol–water partition coefficient (Wildman–Crippen LogP) is 3.13. The van der Waals surface area contributed by atoms with Crippen molar-refractivity contribution in [3.8, 4) is 0 Å². The lowest BCUT2D eigenvalue weighted by atomic mass is 9.86. The van der Waals surface area contributed by atoms with Gasteiger partial charge in [0, 0.05) is 32.2 Å². The first-order valence-corrected chi connectivity index (χ1v) is 9.08. The summed E-state index contributed by atoms with van der Waals surface area (Å²) >= 11 is 0.